The van der Waals surface area contributed by atoms with Crippen LogP contribution in [0.2, 0.25) is 0 Å². The zero-order valence-corrected chi connectivity index (χ0v) is 13.0. The number of amides is 1. The van der Waals surface area contributed by atoms with Crippen molar-refractivity contribution >= 4 is 23.2 Å². The van der Waals surface area contributed by atoms with Gasteiger partial charge in [0.25, 0.3) is 5.91 Å². The Hall–Kier alpha value is -1.36. The lowest BCUT2D eigenvalue weighted by Crippen LogP contribution is -2.37. The van der Waals surface area contributed by atoms with Crippen LogP contribution in [-0.4, -0.2) is 35.0 Å². The molecule has 1 aliphatic rings. The monoisotopic (exact) mass is 295 g/mol. The van der Waals surface area contributed by atoms with Gasteiger partial charge >= 0.3 is 5.97 Å². The van der Waals surface area contributed by atoms with Crippen molar-refractivity contribution in [2.45, 2.75) is 40.0 Å². The summed E-state index contributed by atoms with van der Waals surface area (Å²) in [4.78, 5) is 27.9. The number of aryl methyl sites for hydroxylation is 2. The Kier molecular flexibility index (Phi) is 4.18. The topological polar surface area (TPSA) is 57.6 Å². The number of carbonyl (C=O) groups excluding carboxylic acids is 1. The number of carbonyl (C=O) groups is 2. The third-order valence-corrected chi connectivity index (χ3v) is 5.06. The highest BCUT2D eigenvalue weighted by molar-refractivity contribution is 7.12. The number of thiophene rings is 1. The molecule has 0 spiro atoms. The number of rotatable bonds is 4. The van der Waals surface area contributed by atoms with Crippen molar-refractivity contribution in [2.75, 3.05) is 13.1 Å². The largest absolute Gasteiger partial charge is 0.481 e. The van der Waals surface area contributed by atoms with E-state index in [2.05, 4.69) is 0 Å². The molecule has 20 heavy (non-hydrogen) atoms. The van der Waals surface area contributed by atoms with Crippen LogP contribution in [-0.2, 0) is 4.79 Å². The van der Waals surface area contributed by atoms with E-state index in [4.69, 9.17) is 0 Å². The number of hydrogen-bond donors (Lipinski definition) is 1. The van der Waals surface area contributed by atoms with Gasteiger partial charge in [-0.3, -0.25) is 9.59 Å². The summed E-state index contributed by atoms with van der Waals surface area (Å²) >= 11 is 1.61. The second kappa shape index (κ2) is 5.56. The lowest BCUT2D eigenvalue weighted by atomic mass is 9.83. The minimum atomic E-state index is -0.770. The van der Waals surface area contributed by atoms with Gasteiger partial charge in [-0.25, -0.2) is 0 Å². The maximum Gasteiger partial charge on any atom is 0.311 e. The number of likely N-dealkylation sites (tertiary alicyclic amines) is 1. The predicted molar refractivity (Wildman–Crippen MR) is 79.3 cm³/mol. The molecular weight excluding hydrogens is 274 g/mol. The van der Waals surface area contributed by atoms with Gasteiger partial charge in [0.2, 0.25) is 0 Å². The first-order valence-corrected chi connectivity index (χ1v) is 7.81. The Labute approximate surface area is 123 Å². The van der Waals surface area contributed by atoms with Gasteiger partial charge in [0.1, 0.15) is 0 Å². The van der Waals surface area contributed by atoms with Crippen molar-refractivity contribution in [1.82, 2.24) is 4.90 Å². The van der Waals surface area contributed by atoms with Gasteiger partial charge in [-0.15, -0.1) is 11.3 Å². The van der Waals surface area contributed by atoms with Crippen molar-refractivity contribution in [3.8, 4) is 0 Å². The summed E-state index contributed by atoms with van der Waals surface area (Å²) in [5.41, 5.74) is -0.0196. The molecule has 0 saturated carbocycles. The standard InChI is InChI=1S/C15H21NO3S/c1-4-5-15(14(18)19)6-7-16(9-15)13(17)12-8-10(2)20-11(12)3/h8H,4-7,9H2,1-3H3,(H,18,19). The van der Waals surface area contributed by atoms with E-state index in [9.17, 15) is 14.7 Å². The third kappa shape index (κ3) is 2.59. The van der Waals surface area contributed by atoms with Gasteiger partial charge in [0, 0.05) is 22.8 Å². The molecule has 1 unspecified atom stereocenters. The van der Waals surface area contributed by atoms with E-state index in [0.29, 0.717) is 25.9 Å². The summed E-state index contributed by atoms with van der Waals surface area (Å²) in [6.07, 6.45) is 2.02. The molecule has 4 nitrogen and oxygen atoms in total. The Morgan fingerprint density at radius 2 is 2.15 bits per heavy atom. The highest BCUT2D eigenvalue weighted by atomic mass is 32.1. The first-order valence-electron chi connectivity index (χ1n) is 6.99. The van der Waals surface area contributed by atoms with Crippen LogP contribution >= 0.6 is 11.3 Å². The van der Waals surface area contributed by atoms with E-state index in [1.165, 1.54) is 0 Å². The van der Waals surface area contributed by atoms with Crippen LogP contribution in [0.1, 0.15) is 46.3 Å². The molecule has 0 bridgehead atoms. The fourth-order valence-electron chi connectivity index (χ4n) is 3.02. The van der Waals surface area contributed by atoms with E-state index >= 15 is 0 Å². The van der Waals surface area contributed by atoms with Gasteiger partial charge in [-0.05, 0) is 32.8 Å². The molecule has 2 rings (SSSR count). The highest BCUT2D eigenvalue weighted by Crippen LogP contribution is 2.36. The fraction of sp³-hybridized carbons (Fsp3) is 0.600. The van der Waals surface area contributed by atoms with Crippen LogP contribution in [0, 0.1) is 19.3 Å². The van der Waals surface area contributed by atoms with Crippen LogP contribution in [0.15, 0.2) is 6.07 Å². The summed E-state index contributed by atoms with van der Waals surface area (Å²) in [6, 6.07) is 1.91. The molecule has 0 aromatic carbocycles. The van der Waals surface area contributed by atoms with Crippen molar-refractivity contribution in [3.05, 3.63) is 21.4 Å². The van der Waals surface area contributed by atoms with Crippen LogP contribution in [0.5, 0.6) is 0 Å². The molecule has 1 aromatic heterocycles. The summed E-state index contributed by atoms with van der Waals surface area (Å²) in [7, 11) is 0. The predicted octanol–water partition coefficient (Wildman–Crippen LogP) is 3.08. The maximum absolute atomic E-state index is 12.5. The number of carboxylic acids is 1. The molecule has 5 heteroatoms. The summed E-state index contributed by atoms with van der Waals surface area (Å²) in [5.74, 6) is -0.793. The number of aliphatic carboxylic acids is 1. The third-order valence-electron chi connectivity index (χ3n) is 4.09. The summed E-state index contributed by atoms with van der Waals surface area (Å²) < 4.78 is 0. The Balaban J connectivity index is 2.18. The van der Waals surface area contributed by atoms with Gasteiger partial charge < -0.3 is 10.0 Å². The minimum Gasteiger partial charge on any atom is -0.481 e. The smallest absolute Gasteiger partial charge is 0.311 e. The fourth-order valence-corrected chi connectivity index (χ4v) is 3.94. The van der Waals surface area contributed by atoms with Crippen LogP contribution in [0.3, 0.4) is 0 Å². The molecule has 1 aliphatic heterocycles. The quantitative estimate of drug-likeness (QED) is 0.928. The van der Waals surface area contributed by atoms with Crippen LogP contribution in [0.25, 0.3) is 0 Å². The molecule has 1 fully saturated rings. The number of carboxylic acid groups (broad SMARTS) is 1. The van der Waals surface area contributed by atoms with Crippen LogP contribution in [0.4, 0.5) is 0 Å². The zero-order chi connectivity index (χ0) is 14.9. The van der Waals surface area contributed by atoms with Crippen molar-refractivity contribution < 1.29 is 14.7 Å². The molecule has 1 N–H and O–H groups in total. The molecule has 1 amide bonds. The zero-order valence-electron chi connectivity index (χ0n) is 12.2. The first-order chi connectivity index (χ1) is 9.39. The first kappa shape index (κ1) is 15.0. The highest BCUT2D eigenvalue weighted by Gasteiger charge is 2.45. The lowest BCUT2D eigenvalue weighted by Gasteiger charge is -2.24. The van der Waals surface area contributed by atoms with Crippen molar-refractivity contribution in [3.63, 3.8) is 0 Å². The number of hydrogen-bond acceptors (Lipinski definition) is 3. The SMILES string of the molecule is CCCC1(C(=O)O)CCN(C(=O)c2cc(C)sc2C)C1. The average Bonchev–Trinajstić information content (AvgIpc) is 2.94. The molecule has 110 valence electrons. The van der Waals surface area contributed by atoms with E-state index in [0.717, 1.165) is 21.7 Å². The van der Waals surface area contributed by atoms with Crippen LogP contribution < -0.4 is 0 Å². The average molecular weight is 295 g/mol. The van der Waals surface area contributed by atoms with E-state index < -0.39 is 11.4 Å². The summed E-state index contributed by atoms with van der Waals surface area (Å²) in [6.45, 7) is 6.79. The lowest BCUT2D eigenvalue weighted by molar-refractivity contribution is -0.148. The normalized spacial score (nSPS) is 22.2. The van der Waals surface area contributed by atoms with E-state index in [1.807, 2.05) is 26.8 Å². The van der Waals surface area contributed by atoms with Gasteiger partial charge in [-0.1, -0.05) is 13.3 Å². The Morgan fingerprint density at radius 3 is 2.65 bits per heavy atom. The van der Waals surface area contributed by atoms with Gasteiger partial charge in [0.05, 0.1) is 11.0 Å². The second-order valence-electron chi connectivity index (χ2n) is 5.64. The molecule has 0 aliphatic carbocycles. The van der Waals surface area contributed by atoms with Crippen molar-refractivity contribution in [2.24, 2.45) is 5.41 Å². The van der Waals surface area contributed by atoms with E-state index in [1.54, 1.807) is 16.2 Å². The van der Waals surface area contributed by atoms with Gasteiger partial charge in [-0.2, -0.15) is 0 Å². The summed E-state index contributed by atoms with van der Waals surface area (Å²) in [5, 5.41) is 9.49. The van der Waals surface area contributed by atoms with Crippen molar-refractivity contribution in [1.29, 1.82) is 0 Å². The molecule has 1 saturated heterocycles. The number of nitrogens with zero attached hydrogens (tertiary/aromatic N) is 1. The molecule has 2 heterocycles. The molecular formula is C15H21NO3S. The maximum atomic E-state index is 12.5. The second-order valence-corrected chi connectivity index (χ2v) is 7.10. The van der Waals surface area contributed by atoms with E-state index in [-0.39, 0.29) is 5.91 Å². The molecule has 1 aromatic rings. The molecule has 1 atom stereocenters. The van der Waals surface area contributed by atoms with Gasteiger partial charge in [0.15, 0.2) is 0 Å². The molecule has 0 radical (unpaired) electrons. The Morgan fingerprint density at radius 1 is 1.45 bits per heavy atom. The minimum absolute atomic E-state index is 0.0221. The Bertz CT molecular complexity index is 537.